The van der Waals surface area contributed by atoms with Gasteiger partial charge in [0.25, 0.3) is 0 Å². The summed E-state index contributed by atoms with van der Waals surface area (Å²) in [7, 11) is 1.79. The third kappa shape index (κ3) is 2.33. The zero-order chi connectivity index (χ0) is 10.7. The topological polar surface area (TPSA) is 58.3 Å². The van der Waals surface area contributed by atoms with Gasteiger partial charge in [0.1, 0.15) is 6.10 Å². The lowest BCUT2D eigenvalue weighted by atomic mass is 10.2. The monoisotopic (exact) mass is 198 g/mol. The lowest BCUT2D eigenvalue weighted by Gasteiger charge is -2.06. The van der Waals surface area contributed by atoms with Crippen LogP contribution in [0.5, 0.6) is 0 Å². The molecule has 1 aromatic rings. The van der Waals surface area contributed by atoms with E-state index in [0.717, 1.165) is 5.69 Å². The van der Waals surface area contributed by atoms with Gasteiger partial charge in [-0.2, -0.15) is 0 Å². The van der Waals surface area contributed by atoms with Crippen molar-refractivity contribution in [2.75, 3.05) is 13.6 Å². The van der Waals surface area contributed by atoms with Crippen LogP contribution in [0.15, 0.2) is 4.42 Å². The molecule has 80 valence electrons. The Hall–Kier alpha value is -0.870. The molecule has 1 heterocycles. The van der Waals surface area contributed by atoms with Gasteiger partial charge in [0.15, 0.2) is 11.7 Å². The van der Waals surface area contributed by atoms with E-state index < -0.39 is 6.10 Å². The third-order valence-corrected chi connectivity index (χ3v) is 2.04. The Morgan fingerprint density at radius 1 is 1.50 bits per heavy atom. The average molecular weight is 198 g/mol. The maximum atomic E-state index is 9.70. The van der Waals surface area contributed by atoms with Crippen LogP contribution in [0.4, 0.5) is 0 Å². The Kier molecular flexibility index (Phi) is 3.66. The molecule has 0 fully saturated rings. The van der Waals surface area contributed by atoms with E-state index in [-0.39, 0.29) is 5.92 Å². The number of aryl methyl sites for hydroxylation is 1. The highest BCUT2D eigenvalue weighted by atomic mass is 16.4. The van der Waals surface area contributed by atoms with Crippen LogP contribution >= 0.6 is 0 Å². The van der Waals surface area contributed by atoms with Crippen molar-refractivity contribution < 1.29 is 9.52 Å². The molecule has 1 rings (SSSR count). The van der Waals surface area contributed by atoms with Gasteiger partial charge in [-0.3, -0.25) is 0 Å². The number of aliphatic hydroxyl groups is 1. The fourth-order valence-electron chi connectivity index (χ4n) is 1.27. The van der Waals surface area contributed by atoms with E-state index in [4.69, 9.17) is 4.42 Å². The standard InChI is InChI=1S/C10H18N2O2/c1-6(2)10-12-7(3)9(14-10)8(13)5-11-4/h6,8,11,13H,5H2,1-4H3. The third-order valence-electron chi connectivity index (χ3n) is 2.04. The molecule has 2 N–H and O–H groups in total. The van der Waals surface area contributed by atoms with Crippen molar-refractivity contribution in [2.45, 2.75) is 32.8 Å². The van der Waals surface area contributed by atoms with Gasteiger partial charge in [-0.05, 0) is 14.0 Å². The first-order valence-electron chi connectivity index (χ1n) is 4.86. The van der Waals surface area contributed by atoms with Gasteiger partial charge in [0.05, 0.1) is 5.69 Å². The minimum absolute atomic E-state index is 0.254. The van der Waals surface area contributed by atoms with Gasteiger partial charge >= 0.3 is 0 Å². The van der Waals surface area contributed by atoms with Crippen LogP contribution in [0.1, 0.15) is 43.2 Å². The smallest absolute Gasteiger partial charge is 0.197 e. The predicted molar refractivity (Wildman–Crippen MR) is 54.2 cm³/mol. The number of oxazole rings is 1. The van der Waals surface area contributed by atoms with Gasteiger partial charge in [-0.25, -0.2) is 4.98 Å². The molecule has 0 aliphatic rings. The molecule has 0 aliphatic carbocycles. The molecule has 0 saturated carbocycles. The summed E-state index contributed by atoms with van der Waals surface area (Å²) in [5.41, 5.74) is 0.774. The normalized spacial score (nSPS) is 13.6. The van der Waals surface area contributed by atoms with Crippen LogP contribution in [0.3, 0.4) is 0 Å². The van der Waals surface area contributed by atoms with Crippen molar-refractivity contribution in [3.8, 4) is 0 Å². The lowest BCUT2D eigenvalue weighted by Crippen LogP contribution is -2.16. The Morgan fingerprint density at radius 3 is 2.57 bits per heavy atom. The van der Waals surface area contributed by atoms with Crippen molar-refractivity contribution in [3.63, 3.8) is 0 Å². The Labute approximate surface area is 84.3 Å². The maximum Gasteiger partial charge on any atom is 0.197 e. The van der Waals surface area contributed by atoms with E-state index >= 15 is 0 Å². The Morgan fingerprint density at radius 2 is 2.14 bits per heavy atom. The molecule has 0 saturated heterocycles. The summed E-state index contributed by atoms with van der Waals surface area (Å²) in [5.74, 6) is 1.51. The minimum atomic E-state index is -0.611. The highest BCUT2D eigenvalue weighted by Crippen LogP contribution is 2.22. The Balaban J connectivity index is 2.86. The second-order valence-electron chi connectivity index (χ2n) is 3.73. The summed E-state index contributed by atoms with van der Waals surface area (Å²) in [5, 5.41) is 12.6. The zero-order valence-electron chi connectivity index (χ0n) is 9.16. The largest absolute Gasteiger partial charge is 0.442 e. The molecule has 0 aromatic carbocycles. The van der Waals surface area contributed by atoms with E-state index in [1.54, 1.807) is 7.05 Å². The summed E-state index contributed by atoms with van der Waals surface area (Å²) < 4.78 is 5.49. The lowest BCUT2D eigenvalue weighted by molar-refractivity contribution is 0.146. The molecule has 14 heavy (non-hydrogen) atoms. The van der Waals surface area contributed by atoms with Gasteiger partial charge in [0, 0.05) is 12.5 Å². The number of rotatable bonds is 4. The van der Waals surface area contributed by atoms with Crippen molar-refractivity contribution in [1.29, 1.82) is 0 Å². The molecule has 0 amide bonds. The van der Waals surface area contributed by atoms with Gasteiger partial charge in [-0.1, -0.05) is 13.8 Å². The molecule has 0 spiro atoms. The van der Waals surface area contributed by atoms with E-state index in [1.807, 2.05) is 20.8 Å². The van der Waals surface area contributed by atoms with Crippen LogP contribution < -0.4 is 5.32 Å². The number of hydrogen-bond donors (Lipinski definition) is 2. The molecular formula is C10H18N2O2. The molecule has 0 radical (unpaired) electrons. The van der Waals surface area contributed by atoms with E-state index in [9.17, 15) is 5.11 Å². The minimum Gasteiger partial charge on any atom is -0.442 e. The van der Waals surface area contributed by atoms with Crippen LogP contribution in [0.2, 0.25) is 0 Å². The predicted octanol–water partition coefficient (Wildman–Crippen LogP) is 1.36. The number of hydrogen-bond acceptors (Lipinski definition) is 4. The molecular weight excluding hydrogens is 180 g/mol. The van der Waals surface area contributed by atoms with Crippen LogP contribution in [0, 0.1) is 6.92 Å². The second-order valence-corrected chi connectivity index (χ2v) is 3.73. The van der Waals surface area contributed by atoms with Gasteiger partial charge < -0.3 is 14.8 Å². The molecule has 4 nitrogen and oxygen atoms in total. The molecule has 1 atom stereocenters. The highest BCUT2D eigenvalue weighted by molar-refractivity contribution is 5.12. The first-order chi connectivity index (χ1) is 6.56. The molecule has 4 heteroatoms. The van der Waals surface area contributed by atoms with Crippen LogP contribution in [-0.2, 0) is 0 Å². The van der Waals surface area contributed by atoms with Crippen molar-refractivity contribution in [3.05, 3.63) is 17.3 Å². The Bertz CT molecular complexity index is 294. The number of aromatic nitrogens is 1. The number of nitrogens with one attached hydrogen (secondary N) is 1. The zero-order valence-corrected chi connectivity index (χ0v) is 9.16. The van der Waals surface area contributed by atoms with Gasteiger partial charge in [0.2, 0.25) is 0 Å². The summed E-state index contributed by atoms with van der Waals surface area (Å²) in [6.45, 7) is 6.36. The molecule has 1 aromatic heterocycles. The highest BCUT2D eigenvalue weighted by Gasteiger charge is 2.18. The van der Waals surface area contributed by atoms with Crippen molar-refractivity contribution in [2.24, 2.45) is 0 Å². The quantitative estimate of drug-likeness (QED) is 0.767. The second kappa shape index (κ2) is 4.57. The molecule has 1 unspecified atom stereocenters. The van der Waals surface area contributed by atoms with Gasteiger partial charge in [-0.15, -0.1) is 0 Å². The van der Waals surface area contributed by atoms with Crippen molar-refractivity contribution in [1.82, 2.24) is 10.3 Å². The number of aliphatic hydroxyl groups excluding tert-OH is 1. The first kappa shape index (κ1) is 11.2. The molecule has 0 aliphatic heterocycles. The van der Waals surface area contributed by atoms with Crippen LogP contribution in [0.25, 0.3) is 0 Å². The summed E-state index contributed by atoms with van der Waals surface area (Å²) in [6, 6.07) is 0. The summed E-state index contributed by atoms with van der Waals surface area (Å²) in [4.78, 5) is 4.26. The van der Waals surface area contributed by atoms with Crippen LogP contribution in [-0.4, -0.2) is 23.7 Å². The summed E-state index contributed by atoms with van der Waals surface area (Å²) in [6.07, 6.45) is -0.611. The SMILES string of the molecule is CNCC(O)c1oc(C(C)C)nc1C. The number of likely N-dealkylation sites (N-methyl/N-ethyl adjacent to an activating group) is 1. The fourth-order valence-corrected chi connectivity index (χ4v) is 1.27. The maximum absolute atomic E-state index is 9.70. The van der Waals surface area contributed by atoms with Crippen molar-refractivity contribution >= 4 is 0 Å². The van der Waals surface area contributed by atoms with E-state index in [0.29, 0.717) is 18.2 Å². The number of nitrogens with zero attached hydrogens (tertiary/aromatic N) is 1. The fraction of sp³-hybridized carbons (Fsp3) is 0.700. The summed E-state index contributed by atoms with van der Waals surface area (Å²) >= 11 is 0. The van der Waals surface area contributed by atoms with E-state index in [1.165, 1.54) is 0 Å². The average Bonchev–Trinajstić information content (AvgIpc) is 2.48. The molecule has 0 bridgehead atoms. The van der Waals surface area contributed by atoms with E-state index in [2.05, 4.69) is 10.3 Å². The first-order valence-corrected chi connectivity index (χ1v) is 4.86.